The van der Waals surface area contributed by atoms with Gasteiger partial charge in [-0.3, -0.25) is 0 Å². The third-order valence-electron chi connectivity index (χ3n) is 4.76. The molecule has 2 aliphatic heterocycles. The lowest BCUT2D eigenvalue weighted by molar-refractivity contribution is -0.0268. The van der Waals surface area contributed by atoms with Crippen LogP contribution < -0.4 is 30.1 Å². The van der Waals surface area contributed by atoms with Crippen molar-refractivity contribution in [1.29, 1.82) is 0 Å². The summed E-state index contributed by atoms with van der Waals surface area (Å²) in [6.07, 6.45) is 3.44. The number of benzene rings is 1. The molecule has 0 spiro atoms. The lowest BCUT2D eigenvalue weighted by Gasteiger charge is -2.40. The van der Waals surface area contributed by atoms with E-state index in [1.165, 1.54) is 19.1 Å². The number of hydrogen-bond acceptors (Lipinski definition) is 5. The number of anilines is 1. The Morgan fingerprint density at radius 3 is 2.31 bits per heavy atom. The number of fused-ring (bicyclic) bond motifs is 1. The zero-order valence-corrected chi connectivity index (χ0v) is 17.7. The molecule has 2 aromatic rings. The zero-order valence-electron chi connectivity index (χ0n) is 15.4. The molecule has 1 saturated heterocycles. The molecule has 0 aliphatic carbocycles. The minimum Gasteiger partial charge on any atom is -0.495 e. The van der Waals surface area contributed by atoms with Gasteiger partial charge < -0.3 is 19.7 Å². The summed E-state index contributed by atoms with van der Waals surface area (Å²) in [4.78, 5) is 6.13. The highest BCUT2D eigenvalue weighted by atomic mass is 35.5. The van der Waals surface area contributed by atoms with E-state index in [0.29, 0.717) is 33.8 Å². The van der Waals surface area contributed by atoms with Gasteiger partial charge in [0.1, 0.15) is 22.8 Å². The first kappa shape index (κ1) is 20.3. The molecule has 1 N–H and O–H groups in total. The Morgan fingerprint density at radius 2 is 1.76 bits per heavy atom. The van der Waals surface area contributed by atoms with Gasteiger partial charge in [0.25, 0.3) is 5.92 Å². The molecule has 3 heterocycles. The van der Waals surface area contributed by atoms with Crippen LogP contribution in [0.2, 0.25) is 10.0 Å². The van der Waals surface area contributed by atoms with Crippen molar-refractivity contribution in [1.82, 2.24) is 10.3 Å². The Morgan fingerprint density at radius 1 is 1.14 bits per heavy atom. The first-order valence-corrected chi connectivity index (χ1v) is 9.79. The molecule has 29 heavy (non-hydrogen) atoms. The summed E-state index contributed by atoms with van der Waals surface area (Å²) in [5.74, 6) is -1.65. The zero-order chi connectivity index (χ0) is 20.9. The van der Waals surface area contributed by atoms with Gasteiger partial charge in [-0.15, -0.1) is 0 Å². The Balaban J connectivity index is 1.97. The molecule has 0 bridgehead atoms. The van der Waals surface area contributed by atoms with Gasteiger partial charge in [-0.25, -0.2) is 13.8 Å². The van der Waals surface area contributed by atoms with Crippen LogP contribution in [-0.4, -0.2) is 43.7 Å². The normalized spacial score (nSPS) is 19.3. The summed E-state index contributed by atoms with van der Waals surface area (Å²) in [7, 11) is 2.94. The van der Waals surface area contributed by atoms with Crippen LogP contribution in [0.25, 0.3) is 23.5 Å². The number of hydrogen-bond donors (Lipinski definition) is 1. The van der Waals surface area contributed by atoms with E-state index in [1.807, 2.05) is 0 Å². The summed E-state index contributed by atoms with van der Waals surface area (Å²) >= 11 is 19.2. The van der Waals surface area contributed by atoms with Gasteiger partial charge in [0, 0.05) is 28.3 Å². The summed E-state index contributed by atoms with van der Waals surface area (Å²) in [5.41, 5.74) is 0.322. The van der Waals surface area contributed by atoms with Crippen molar-refractivity contribution in [3.8, 4) is 22.8 Å². The Bertz CT molecular complexity index is 1070. The molecule has 0 amide bonds. The second kappa shape index (κ2) is 7.38. The number of halogens is 5. The van der Waals surface area contributed by atoms with Crippen molar-refractivity contribution in [2.75, 3.05) is 32.2 Å². The van der Waals surface area contributed by atoms with Crippen LogP contribution in [0.15, 0.2) is 12.1 Å². The number of ether oxygens (including phenoxy) is 2. The molecule has 1 aromatic heterocycles. The van der Waals surface area contributed by atoms with Crippen molar-refractivity contribution in [3.05, 3.63) is 32.6 Å². The van der Waals surface area contributed by atoms with E-state index in [1.54, 1.807) is 24.4 Å². The summed E-state index contributed by atoms with van der Waals surface area (Å²) in [5, 5.41) is 4.87. The van der Waals surface area contributed by atoms with Gasteiger partial charge >= 0.3 is 0 Å². The van der Waals surface area contributed by atoms with E-state index in [0.717, 1.165) is 5.22 Å². The number of nitrogens with one attached hydrogen (secondary N) is 1. The van der Waals surface area contributed by atoms with Gasteiger partial charge in [-0.1, -0.05) is 34.8 Å². The summed E-state index contributed by atoms with van der Waals surface area (Å²) in [6, 6.07) is 3.33. The molecule has 10 heteroatoms. The van der Waals surface area contributed by atoms with Gasteiger partial charge in [0.05, 0.1) is 43.0 Å². The van der Waals surface area contributed by atoms with E-state index in [-0.39, 0.29) is 10.0 Å². The quantitative estimate of drug-likeness (QED) is 0.558. The lowest BCUT2D eigenvalue weighted by atomic mass is 10.1. The predicted molar refractivity (Wildman–Crippen MR) is 111 cm³/mol. The topological polar surface area (TPSA) is 46.6 Å². The van der Waals surface area contributed by atoms with Crippen molar-refractivity contribution < 1.29 is 18.3 Å². The SMILES string of the molecule is COc1cc(OC)c(Cl)c(-c2cc3c(c(N4CC(F)(F)C4)n2)=CC(Cl)NC=3)c1Cl. The maximum absolute atomic E-state index is 13.5. The standard InChI is InChI=1S/C19H16Cl3F2N3O2/c1-28-12-5-13(29-2)17(22)15(16(12)21)11-3-9-6-25-14(20)4-10(9)18(26-11)27-7-19(23,24)8-27/h3-6,14,25H,7-8H2,1-2H3. The molecular weight excluding hydrogens is 447 g/mol. The molecule has 4 rings (SSSR count). The molecule has 5 nitrogen and oxygen atoms in total. The third-order valence-corrected chi connectivity index (χ3v) is 5.76. The minimum absolute atomic E-state index is 0.244. The minimum atomic E-state index is -2.75. The van der Waals surface area contributed by atoms with Crippen molar-refractivity contribution in [3.63, 3.8) is 0 Å². The molecule has 1 fully saturated rings. The molecule has 2 aliphatic rings. The molecule has 0 saturated carbocycles. The van der Waals surface area contributed by atoms with Crippen LogP contribution in [0.3, 0.4) is 0 Å². The number of pyridine rings is 1. The van der Waals surface area contributed by atoms with Gasteiger partial charge in [-0.05, 0) is 12.1 Å². The highest BCUT2D eigenvalue weighted by Gasteiger charge is 2.45. The fraction of sp³-hybridized carbons (Fsp3) is 0.316. The number of alkyl halides is 3. The summed E-state index contributed by atoms with van der Waals surface area (Å²) in [6.45, 7) is -0.847. The second-order valence-corrected chi connectivity index (χ2v) is 7.94. The number of aromatic nitrogens is 1. The Labute approximate surface area is 180 Å². The van der Waals surface area contributed by atoms with E-state index in [2.05, 4.69) is 10.3 Å². The van der Waals surface area contributed by atoms with Gasteiger partial charge in [0.2, 0.25) is 0 Å². The molecule has 1 unspecified atom stereocenters. The first-order chi connectivity index (χ1) is 13.7. The number of methoxy groups -OCH3 is 2. The van der Waals surface area contributed by atoms with E-state index < -0.39 is 24.5 Å². The largest absolute Gasteiger partial charge is 0.495 e. The average Bonchev–Trinajstić information content (AvgIpc) is 2.66. The fourth-order valence-corrected chi connectivity index (χ4v) is 4.24. The molecule has 1 aromatic carbocycles. The van der Waals surface area contributed by atoms with Crippen LogP contribution in [0.4, 0.5) is 14.6 Å². The Hall–Kier alpha value is -1.96. The predicted octanol–water partition coefficient (Wildman–Crippen LogP) is 3.21. The maximum Gasteiger partial charge on any atom is 0.282 e. The van der Waals surface area contributed by atoms with Crippen LogP contribution in [0.1, 0.15) is 0 Å². The molecule has 154 valence electrons. The average molecular weight is 463 g/mol. The van der Waals surface area contributed by atoms with Crippen LogP contribution >= 0.6 is 34.8 Å². The monoisotopic (exact) mass is 461 g/mol. The second-order valence-electron chi connectivity index (χ2n) is 6.71. The lowest BCUT2D eigenvalue weighted by Crippen LogP contribution is -2.59. The third kappa shape index (κ3) is 3.56. The summed E-state index contributed by atoms with van der Waals surface area (Å²) < 4.78 is 37.7. The molecule has 1 atom stereocenters. The first-order valence-electron chi connectivity index (χ1n) is 8.60. The fourth-order valence-electron chi connectivity index (χ4n) is 3.36. The van der Waals surface area contributed by atoms with Crippen LogP contribution in [0.5, 0.6) is 11.5 Å². The number of nitrogens with zero attached hydrogens (tertiary/aromatic N) is 2. The molecular formula is C19H16Cl3F2N3O2. The van der Waals surface area contributed by atoms with Crippen molar-refractivity contribution in [2.45, 2.75) is 11.4 Å². The van der Waals surface area contributed by atoms with E-state index >= 15 is 0 Å². The van der Waals surface area contributed by atoms with Crippen molar-refractivity contribution >= 4 is 52.9 Å². The smallest absolute Gasteiger partial charge is 0.282 e. The highest BCUT2D eigenvalue weighted by Crippen LogP contribution is 2.45. The molecule has 0 radical (unpaired) electrons. The van der Waals surface area contributed by atoms with Crippen LogP contribution in [0, 0.1) is 0 Å². The maximum atomic E-state index is 13.5. The van der Waals surface area contributed by atoms with Gasteiger partial charge in [0.15, 0.2) is 0 Å². The van der Waals surface area contributed by atoms with E-state index in [9.17, 15) is 8.78 Å². The number of rotatable bonds is 4. The highest BCUT2D eigenvalue weighted by molar-refractivity contribution is 6.41. The Kier molecular flexibility index (Phi) is 5.17. The van der Waals surface area contributed by atoms with Crippen LogP contribution in [-0.2, 0) is 0 Å². The van der Waals surface area contributed by atoms with E-state index in [4.69, 9.17) is 44.3 Å². The van der Waals surface area contributed by atoms with Crippen molar-refractivity contribution in [2.24, 2.45) is 0 Å². The van der Waals surface area contributed by atoms with Gasteiger partial charge in [-0.2, -0.15) is 0 Å².